The lowest BCUT2D eigenvalue weighted by Gasteiger charge is -2.24. The molecule has 1 unspecified atom stereocenters. The molecule has 0 radical (unpaired) electrons. The number of nitrogens with one attached hydrogen (secondary N) is 1. The minimum absolute atomic E-state index is 0.163. The SMILES string of the molecule is CC(C)c1cccc(C(O)C(=O)N2CCCc3nc(C4(c5ccccc5)CC4)[nH]c(=O)c3C2)c1. The molecule has 34 heavy (non-hydrogen) atoms. The van der Waals surface area contributed by atoms with Crippen molar-refractivity contribution in [2.75, 3.05) is 6.54 Å². The highest BCUT2D eigenvalue weighted by Gasteiger charge is 2.48. The summed E-state index contributed by atoms with van der Waals surface area (Å²) >= 11 is 0. The molecule has 1 amide bonds. The number of benzene rings is 2. The molecule has 1 atom stereocenters. The number of carbonyl (C=O) groups is 1. The summed E-state index contributed by atoms with van der Waals surface area (Å²) in [5, 5.41) is 10.8. The Morgan fingerprint density at radius 3 is 2.53 bits per heavy atom. The van der Waals surface area contributed by atoms with E-state index in [-0.39, 0.29) is 23.4 Å². The highest BCUT2D eigenvalue weighted by atomic mass is 16.3. The van der Waals surface area contributed by atoms with E-state index in [1.807, 2.05) is 36.4 Å². The van der Waals surface area contributed by atoms with Crippen molar-refractivity contribution in [2.45, 2.75) is 63.5 Å². The normalized spacial score (nSPS) is 17.7. The highest BCUT2D eigenvalue weighted by Crippen LogP contribution is 2.51. The Labute approximate surface area is 199 Å². The molecule has 1 aromatic heterocycles. The summed E-state index contributed by atoms with van der Waals surface area (Å²) in [5.74, 6) is 0.657. The fraction of sp³-hybridized carbons (Fsp3) is 0.393. The predicted molar refractivity (Wildman–Crippen MR) is 131 cm³/mol. The van der Waals surface area contributed by atoms with Crippen LogP contribution >= 0.6 is 0 Å². The molecule has 176 valence electrons. The topological polar surface area (TPSA) is 86.3 Å². The monoisotopic (exact) mass is 457 g/mol. The van der Waals surface area contributed by atoms with E-state index >= 15 is 0 Å². The molecule has 1 aliphatic heterocycles. The summed E-state index contributed by atoms with van der Waals surface area (Å²) in [6.07, 6.45) is 2.01. The molecule has 1 fully saturated rings. The molecule has 1 saturated carbocycles. The van der Waals surface area contributed by atoms with Crippen LogP contribution in [0.4, 0.5) is 0 Å². The van der Waals surface area contributed by atoms with Gasteiger partial charge in [-0.2, -0.15) is 0 Å². The molecule has 6 nitrogen and oxygen atoms in total. The fourth-order valence-corrected chi connectivity index (χ4v) is 4.98. The van der Waals surface area contributed by atoms with Gasteiger partial charge in [-0.05, 0) is 48.3 Å². The number of hydrogen-bond acceptors (Lipinski definition) is 4. The van der Waals surface area contributed by atoms with Crippen LogP contribution in [0.2, 0.25) is 0 Å². The van der Waals surface area contributed by atoms with Crippen LogP contribution in [0.15, 0.2) is 59.4 Å². The number of aryl methyl sites for hydroxylation is 1. The summed E-state index contributed by atoms with van der Waals surface area (Å²) in [5.41, 5.74) is 3.74. The van der Waals surface area contributed by atoms with Crippen molar-refractivity contribution in [2.24, 2.45) is 0 Å². The maximum Gasteiger partial charge on any atom is 0.256 e. The number of amides is 1. The first-order valence-corrected chi connectivity index (χ1v) is 12.1. The van der Waals surface area contributed by atoms with Gasteiger partial charge in [-0.25, -0.2) is 4.98 Å². The lowest BCUT2D eigenvalue weighted by molar-refractivity contribution is -0.141. The second-order valence-corrected chi connectivity index (χ2v) is 9.88. The number of nitrogens with zero attached hydrogens (tertiary/aromatic N) is 2. The average Bonchev–Trinajstić information content (AvgIpc) is 3.68. The smallest absolute Gasteiger partial charge is 0.256 e. The third-order valence-corrected chi connectivity index (χ3v) is 7.26. The number of fused-ring (bicyclic) bond motifs is 1. The first kappa shape index (κ1) is 22.5. The molecule has 5 rings (SSSR count). The molecule has 0 bridgehead atoms. The van der Waals surface area contributed by atoms with Gasteiger partial charge in [0.25, 0.3) is 11.5 Å². The zero-order chi connectivity index (χ0) is 23.9. The molecule has 3 aromatic rings. The third kappa shape index (κ3) is 4.07. The van der Waals surface area contributed by atoms with E-state index in [9.17, 15) is 14.7 Å². The van der Waals surface area contributed by atoms with Crippen LogP contribution in [0.3, 0.4) is 0 Å². The van der Waals surface area contributed by atoms with Gasteiger partial charge in [-0.15, -0.1) is 0 Å². The van der Waals surface area contributed by atoms with Gasteiger partial charge in [0, 0.05) is 6.54 Å². The Morgan fingerprint density at radius 1 is 1.09 bits per heavy atom. The molecule has 2 N–H and O–H groups in total. The average molecular weight is 458 g/mol. The Morgan fingerprint density at radius 2 is 1.82 bits per heavy atom. The molecule has 6 heteroatoms. The molecule has 2 aromatic carbocycles. The maximum atomic E-state index is 13.2. The lowest BCUT2D eigenvalue weighted by Crippen LogP contribution is -2.36. The van der Waals surface area contributed by atoms with Crippen molar-refractivity contribution in [3.05, 3.63) is 98.7 Å². The summed E-state index contributed by atoms with van der Waals surface area (Å²) in [6, 6.07) is 17.7. The van der Waals surface area contributed by atoms with Gasteiger partial charge in [0.05, 0.1) is 23.2 Å². The largest absolute Gasteiger partial charge is 0.378 e. The fourth-order valence-electron chi connectivity index (χ4n) is 4.98. The predicted octanol–water partition coefficient (Wildman–Crippen LogP) is 3.98. The number of carbonyl (C=O) groups excluding carboxylic acids is 1. The summed E-state index contributed by atoms with van der Waals surface area (Å²) < 4.78 is 0. The Kier molecular flexibility index (Phi) is 5.86. The molecular weight excluding hydrogens is 426 g/mol. The van der Waals surface area contributed by atoms with E-state index in [1.165, 1.54) is 5.56 Å². The molecule has 2 aliphatic rings. The quantitative estimate of drug-likeness (QED) is 0.607. The highest BCUT2D eigenvalue weighted by molar-refractivity contribution is 5.82. The first-order valence-electron chi connectivity index (χ1n) is 12.1. The maximum absolute atomic E-state index is 13.2. The van der Waals surface area contributed by atoms with Crippen molar-refractivity contribution >= 4 is 5.91 Å². The number of hydrogen-bond donors (Lipinski definition) is 2. The van der Waals surface area contributed by atoms with Gasteiger partial charge in [0.2, 0.25) is 0 Å². The van der Waals surface area contributed by atoms with Crippen LogP contribution in [0.1, 0.15) is 78.9 Å². The second kappa shape index (κ2) is 8.84. The number of aromatic nitrogens is 2. The molecule has 2 heterocycles. The zero-order valence-electron chi connectivity index (χ0n) is 19.8. The Balaban J connectivity index is 1.41. The van der Waals surface area contributed by atoms with Crippen LogP contribution < -0.4 is 5.56 Å². The standard InChI is InChI=1S/C28H31N3O3/c1-18(2)19-8-6-9-20(16-19)24(32)26(34)31-15-7-12-23-22(17-31)25(33)30-27(29-23)28(13-14-28)21-10-4-3-5-11-21/h3-6,8-11,16,18,24,32H,7,12-15,17H2,1-2H3,(H,29,30,33). The van der Waals surface area contributed by atoms with Crippen molar-refractivity contribution in [1.82, 2.24) is 14.9 Å². The van der Waals surface area contributed by atoms with E-state index in [4.69, 9.17) is 4.98 Å². The summed E-state index contributed by atoms with van der Waals surface area (Å²) in [4.78, 5) is 35.9. The minimum atomic E-state index is -1.25. The van der Waals surface area contributed by atoms with Gasteiger partial charge in [-0.3, -0.25) is 9.59 Å². The van der Waals surface area contributed by atoms with Gasteiger partial charge in [0.15, 0.2) is 6.10 Å². The van der Waals surface area contributed by atoms with Gasteiger partial charge < -0.3 is 15.0 Å². The molecule has 0 spiro atoms. The number of aromatic amines is 1. The Bertz CT molecular complexity index is 1260. The van der Waals surface area contributed by atoms with Crippen LogP contribution in [0.25, 0.3) is 0 Å². The van der Waals surface area contributed by atoms with Gasteiger partial charge >= 0.3 is 0 Å². The van der Waals surface area contributed by atoms with E-state index in [2.05, 4.69) is 31.0 Å². The summed E-state index contributed by atoms with van der Waals surface area (Å²) in [6.45, 7) is 4.80. The zero-order valence-corrected chi connectivity index (χ0v) is 19.8. The van der Waals surface area contributed by atoms with Gasteiger partial charge in [-0.1, -0.05) is 68.4 Å². The van der Waals surface area contributed by atoms with E-state index < -0.39 is 6.10 Å². The minimum Gasteiger partial charge on any atom is -0.378 e. The van der Waals surface area contributed by atoms with Crippen LogP contribution in [-0.2, 0) is 23.2 Å². The van der Waals surface area contributed by atoms with Crippen LogP contribution in [0, 0.1) is 0 Å². The van der Waals surface area contributed by atoms with Gasteiger partial charge in [0.1, 0.15) is 5.82 Å². The number of rotatable bonds is 5. The van der Waals surface area contributed by atoms with Crippen LogP contribution in [-0.4, -0.2) is 32.4 Å². The molecule has 1 aliphatic carbocycles. The second-order valence-electron chi connectivity index (χ2n) is 9.88. The van der Waals surface area contributed by atoms with Crippen molar-refractivity contribution in [3.63, 3.8) is 0 Å². The third-order valence-electron chi connectivity index (χ3n) is 7.26. The summed E-state index contributed by atoms with van der Waals surface area (Å²) in [7, 11) is 0. The first-order chi connectivity index (χ1) is 16.4. The molecular formula is C28H31N3O3. The molecule has 0 saturated heterocycles. The van der Waals surface area contributed by atoms with Crippen molar-refractivity contribution in [3.8, 4) is 0 Å². The Hall–Kier alpha value is -3.25. The lowest BCUT2D eigenvalue weighted by atomic mass is 9.94. The van der Waals surface area contributed by atoms with E-state index in [0.29, 0.717) is 36.4 Å². The number of aliphatic hydroxyl groups is 1. The van der Waals surface area contributed by atoms with Crippen molar-refractivity contribution < 1.29 is 9.90 Å². The van der Waals surface area contributed by atoms with E-state index in [1.54, 1.807) is 11.0 Å². The van der Waals surface area contributed by atoms with E-state index in [0.717, 1.165) is 29.9 Å². The van der Waals surface area contributed by atoms with Crippen molar-refractivity contribution in [1.29, 1.82) is 0 Å². The van der Waals surface area contributed by atoms with Crippen LogP contribution in [0.5, 0.6) is 0 Å². The number of H-pyrrole nitrogens is 1. The number of aliphatic hydroxyl groups excluding tert-OH is 1.